The summed E-state index contributed by atoms with van der Waals surface area (Å²) in [5, 5.41) is 3.63. The van der Waals surface area contributed by atoms with E-state index < -0.39 is 0 Å². The van der Waals surface area contributed by atoms with E-state index >= 15 is 0 Å². The maximum absolute atomic E-state index is 3.63. The van der Waals surface area contributed by atoms with E-state index in [1.807, 2.05) is 0 Å². The Morgan fingerprint density at radius 2 is 1.47 bits per heavy atom. The molecule has 3 rings (SSSR count). The first-order chi connectivity index (χ1) is 9.36. The van der Waals surface area contributed by atoms with Crippen molar-refractivity contribution in [3.05, 3.63) is 0 Å². The molecule has 110 valence electrons. The lowest BCUT2D eigenvalue weighted by Gasteiger charge is -2.40. The van der Waals surface area contributed by atoms with Crippen LogP contribution in [0.25, 0.3) is 0 Å². The van der Waals surface area contributed by atoms with Gasteiger partial charge in [-0.05, 0) is 38.6 Å². The highest BCUT2D eigenvalue weighted by molar-refractivity contribution is 4.90. The van der Waals surface area contributed by atoms with Gasteiger partial charge in [0.05, 0.1) is 0 Å². The van der Waals surface area contributed by atoms with Gasteiger partial charge >= 0.3 is 0 Å². The number of nitrogens with zero attached hydrogens (tertiary/aromatic N) is 2. The van der Waals surface area contributed by atoms with Crippen LogP contribution in [0, 0.1) is 0 Å². The maximum atomic E-state index is 3.63. The van der Waals surface area contributed by atoms with Gasteiger partial charge in [-0.25, -0.2) is 0 Å². The van der Waals surface area contributed by atoms with Crippen LogP contribution in [0.4, 0.5) is 0 Å². The zero-order valence-corrected chi connectivity index (χ0v) is 12.6. The minimum atomic E-state index is 0.794. The summed E-state index contributed by atoms with van der Waals surface area (Å²) in [6.45, 7) is 8.65. The molecule has 0 spiro atoms. The number of piperazine rings is 1. The molecule has 2 saturated carbocycles. The summed E-state index contributed by atoms with van der Waals surface area (Å²) in [6.07, 6.45) is 10.1. The van der Waals surface area contributed by atoms with Crippen LogP contribution in [-0.4, -0.2) is 60.6 Å². The topological polar surface area (TPSA) is 18.5 Å². The van der Waals surface area contributed by atoms with Crippen LogP contribution in [0.3, 0.4) is 0 Å². The first-order valence-corrected chi connectivity index (χ1v) is 8.58. The number of hydrogen-bond donors (Lipinski definition) is 1. The molecule has 1 N–H and O–H groups in total. The average molecular weight is 265 g/mol. The van der Waals surface area contributed by atoms with Crippen molar-refractivity contribution in [3.63, 3.8) is 0 Å². The molecule has 2 atom stereocenters. The fourth-order valence-electron chi connectivity index (χ4n) is 4.50. The molecule has 0 bridgehead atoms. The third-order valence-electron chi connectivity index (χ3n) is 5.60. The monoisotopic (exact) mass is 265 g/mol. The molecule has 1 heterocycles. The van der Waals surface area contributed by atoms with Gasteiger partial charge in [-0.3, -0.25) is 9.80 Å². The Kier molecular flexibility index (Phi) is 4.78. The summed E-state index contributed by atoms with van der Waals surface area (Å²) in [5.74, 6) is 0. The molecule has 0 aromatic carbocycles. The van der Waals surface area contributed by atoms with E-state index in [1.54, 1.807) is 0 Å². The van der Waals surface area contributed by atoms with Gasteiger partial charge in [0.25, 0.3) is 0 Å². The van der Waals surface area contributed by atoms with E-state index in [4.69, 9.17) is 0 Å². The normalized spacial score (nSPS) is 35.2. The van der Waals surface area contributed by atoms with Crippen LogP contribution in [0.15, 0.2) is 0 Å². The highest BCUT2D eigenvalue weighted by Crippen LogP contribution is 2.28. The maximum Gasteiger partial charge on any atom is 0.0113 e. The van der Waals surface area contributed by atoms with Gasteiger partial charge in [0.2, 0.25) is 0 Å². The number of nitrogens with one attached hydrogen (secondary N) is 1. The van der Waals surface area contributed by atoms with Crippen LogP contribution in [0.5, 0.6) is 0 Å². The Hall–Kier alpha value is -0.120. The van der Waals surface area contributed by atoms with E-state index in [9.17, 15) is 0 Å². The summed E-state index contributed by atoms with van der Waals surface area (Å²) < 4.78 is 0. The molecule has 3 aliphatic rings. The fourth-order valence-corrected chi connectivity index (χ4v) is 4.50. The van der Waals surface area contributed by atoms with Gasteiger partial charge in [-0.2, -0.15) is 0 Å². The highest BCUT2D eigenvalue weighted by Gasteiger charge is 2.32. The molecule has 0 radical (unpaired) electrons. The van der Waals surface area contributed by atoms with Crippen molar-refractivity contribution < 1.29 is 0 Å². The summed E-state index contributed by atoms with van der Waals surface area (Å²) in [7, 11) is 0. The lowest BCUT2D eigenvalue weighted by atomic mass is 10.1. The summed E-state index contributed by atoms with van der Waals surface area (Å²) in [5.41, 5.74) is 0. The molecule has 0 amide bonds. The Bertz CT molecular complexity index is 267. The van der Waals surface area contributed by atoms with Crippen molar-refractivity contribution >= 4 is 0 Å². The zero-order valence-electron chi connectivity index (χ0n) is 12.6. The molecule has 2 aliphatic carbocycles. The third-order valence-corrected chi connectivity index (χ3v) is 5.60. The van der Waals surface area contributed by atoms with Crippen LogP contribution in [-0.2, 0) is 0 Å². The Morgan fingerprint density at radius 1 is 0.842 bits per heavy atom. The van der Waals surface area contributed by atoms with E-state index in [0.717, 1.165) is 24.7 Å². The second kappa shape index (κ2) is 6.55. The van der Waals surface area contributed by atoms with Gasteiger partial charge in [0, 0.05) is 44.3 Å². The molecule has 0 aromatic rings. The van der Waals surface area contributed by atoms with E-state index in [-0.39, 0.29) is 0 Å². The molecule has 19 heavy (non-hydrogen) atoms. The zero-order chi connectivity index (χ0) is 13.1. The predicted molar refractivity (Wildman–Crippen MR) is 80.5 cm³/mol. The number of rotatable bonds is 4. The third kappa shape index (κ3) is 3.32. The van der Waals surface area contributed by atoms with Gasteiger partial charge in [-0.1, -0.05) is 19.8 Å². The van der Waals surface area contributed by atoms with Crippen LogP contribution < -0.4 is 5.32 Å². The molecular weight excluding hydrogens is 234 g/mol. The van der Waals surface area contributed by atoms with Crippen molar-refractivity contribution in [1.29, 1.82) is 0 Å². The highest BCUT2D eigenvalue weighted by atomic mass is 15.3. The van der Waals surface area contributed by atoms with Gasteiger partial charge < -0.3 is 5.32 Å². The molecule has 1 aliphatic heterocycles. The minimum Gasteiger partial charge on any atom is -0.314 e. The lowest BCUT2D eigenvalue weighted by Crippen LogP contribution is -2.52. The second-order valence-electron chi connectivity index (χ2n) is 6.73. The molecule has 2 unspecified atom stereocenters. The van der Waals surface area contributed by atoms with Crippen LogP contribution >= 0.6 is 0 Å². The smallest absolute Gasteiger partial charge is 0.0113 e. The summed E-state index contributed by atoms with van der Waals surface area (Å²) >= 11 is 0. The van der Waals surface area contributed by atoms with E-state index in [1.165, 1.54) is 71.1 Å². The van der Waals surface area contributed by atoms with Crippen LogP contribution in [0.1, 0.15) is 51.9 Å². The van der Waals surface area contributed by atoms with Crippen molar-refractivity contribution in [2.45, 2.75) is 70.0 Å². The predicted octanol–water partition coefficient (Wildman–Crippen LogP) is 2.08. The first-order valence-electron chi connectivity index (χ1n) is 8.58. The van der Waals surface area contributed by atoms with Crippen molar-refractivity contribution in [2.24, 2.45) is 0 Å². The van der Waals surface area contributed by atoms with Gasteiger partial charge in [0.15, 0.2) is 0 Å². The SMILES string of the molecule is CCNC1CCC(N2CCN(C3CCCC3)CC2)C1. The van der Waals surface area contributed by atoms with Crippen LogP contribution in [0.2, 0.25) is 0 Å². The molecular formula is C16H31N3. The molecule has 3 heteroatoms. The minimum absolute atomic E-state index is 0.794. The van der Waals surface area contributed by atoms with E-state index in [2.05, 4.69) is 22.0 Å². The standard InChI is InChI=1S/C16H31N3/c1-2-17-14-7-8-16(13-14)19-11-9-18(10-12-19)15-5-3-4-6-15/h14-17H,2-13H2,1H3. The largest absolute Gasteiger partial charge is 0.314 e. The van der Waals surface area contributed by atoms with Crippen molar-refractivity contribution in [3.8, 4) is 0 Å². The Morgan fingerprint density at radius 3 is 2.11 bits per heavy atom. The van der Waals surface area contributed by atoms with Gasteiger partial charge in [-0.15, -0.1) is 0 Å². The van der Waals surface area contributed by atoms with Crippen molar-refractivity contribution in [1.82, 2.24) is 15.1 Å². The summed E-state index contributed by atoms with van der Waals surface area (Å²) in [6, 6.07) is 2.60. The lowest BCUT2D eigenvalue weighted by molar-refractivity contribution is 0.0713. The Labute approximate surface area is 118 Å². The summed E-state index contributed by atoms with van der Waals surface area (Å²) in [4.78, 5) is 5.56. The number of hydrogen-bond acceptors (Lipinski definition) is 3. The second-order valence-corrected chi connectivity index (χ2v) is 6.73. The Balaban J connectivity index is 1.42. The first kappa shape index (κ1) is 13.8. The average Bonchev–Trinajstić information content (AvgIpc) is 3.10. The quantitative estimate of drug-likeness (QED) is 0.839. The molecule has 1 saturated heterocycles. The van der Waals surface area contributed by atoms with E-state index in [0.29, 0.717) is 0 Å². The van der Waals surface area contributed by atoms with Gasteiger partial charge in [0.1, 0.15) is 0 Å². The molecule has 3 fully saturated rings. The molecule has 0 aromatic heterocycles. The fraction of sp³-hybridized carbons (Fsp3) is 1.00. The molecule has 3 nitrogen and oxygen atoms in total. The van der Waals surface area contributed by atoms with Crippen molar-refractivity contribution in [2.75, 3.05) is 32.7 Å².